The lowest BCUT2D eigenvalue weighted by atomic mass is 10.1. The largest absolute Gasteiger partial charge is 0.372 e. The van der Waals surface area contributed by atoms with Crippen molar-refractivity contribution in [3.63, 3.8) is 0 Å². The summed E-state index contributed by atoms with van der Waals surface area (Å²) in [4.78, 5) is 12.2. The van der Waals surface area contributed by atoms with Crippen LogP contribution in [0.4, 0.5) is 0 Å². The monoisotopic (exact) mass is 481 g/mol. The highest BCUT2D eigenvalue weighted by Gasteiger charge is 2.26. The Morgan fingerprint density at radius 2 is 1.77 bits per heavy atom. The number of piperazine rings is 1. The van der Waals surface area contributed by atoms with Gasteiger partial charge in [-0.2, -0.15) is 0 Å². The molecule has 0 aliphatic carbocycles. The summed E-state index contributed by atoms with van der Waals surface area (Å²) >= 11 is 0. The fraction of sp³-hybridized carbons (Fsp3) is 0.947. The van der Waals surface area contributed by atoms with Crippen LogP contribution in [-0.4, -0.2) is 98.3 Å². The maximum Gasteiger partial charge on any atom is 0.193 e. The number of guanidine groups is 1. The third-order valence-electron chi connectivity index (χ3n) is 5.03. The minimum atomic E-state index is -0.0526. The first-order chi connectivity index (χ1) is 11.8. The lowest BCUT2D eigenvalue weighted by Gasteiger charge is -2.38. The molecule has 0 aromatic carbocycles. The summed E-state index contributed by atoms with van der Waals surface area (Å²) in [5.41, 5.74) is -0.0526. The summed E-state index contributed by atoms with van der Waals surface area (Å²) in [5.74, 6) is 1.07. The van der Waals surface area contributed by atoms with E-state index in [1.165, 1.54) is 0 Å². The number of rotatable bonds is 4. The number of aliphatic imine (C=N–C) groups is 1. The van der Waals surface area contributed by atoms with Crippen LogP contribution in [0.2, 0.25) is 0 Å². The van der Waals surface area contributed by atoms with Gasteiger partial charge in [0.2, 0.25) is 0 Å². The summed E-state index contributed by atoms with van der Waals surface area (Å²) in [6, 6.07) is 0.508. The molecule has 26 heavy (non-hydrogen) atoms. The topological polar surface area (TPSA) is 43.3 Å². The molecule has 1 unspecified atom stereocenters. The van der Waals surface area contributed by atoms with E-state index in [0.717, 1.165) is 64.6 Å². The van der Waals surface area contributed by atoms with Crippen molar-refractivity contribution >= 4 is 29.9 Å². The van der Waals surface area contributed by atoms with E-state index in [-0.39, 0.29) is 29.6 Å². The van der Waals surface area contributed by atoms with E-state index in [0.29, 0.717) is 12.1 Å². The van der Waals surface area contributed by atoms with Gasteiger partial charge in [0, 0.05) is 45.3 Å². The van der Waals surface area contributed by atoms with Crippen molar-refractivity contribution in [3.05, 3.63) is 0 Å². The maximum absolute atomic E-state index is 6.15. The number of nitrogens with one attached hydrogen (secondary N) is 1. The Morgan fingerprint density at radius 1 is 1.12 bits per heavy atom. The standard InChI is InChI=1S/C19H39N5O.HI/c1-7-20-18(21-14-16-15-22(5)12-13-23(16)6)24-10-8-17(9-11-24)25-19(2,3)4;/h16-17H,7-15H2,1-6H3,(H,20,21);1H. The van der Waals surface area contributed by atoms with Gasteiger partial charge in [-0.3, -0.25) is 9.89 Å². The van der Waals surface area contributed by atoms with Gasteiger partial charge in [-0.25, -0.2) is 0 Å². The zero-order valence-electron chi connectivity index (χ0n) is 17.6. The minimum absolute atomic E-state index is 0. The van der Waals surface area contributed by atoms with Crippen LogP contribution >= 0.6 is 24.0 Å². The highest BCUT2D eigenvalue weighted by Crippen LogP contribution is 2.20. The van der Waals surface area contributed by atoms with E-state index < -0.39 is 0 Å². The number of ether oxygens (including phenoxy) is 1. The quantitative estimate of drug-likeness (QED) is 0.379. The Kier molecular flexibility index (Phi) is 10.1. The minimum Gasteiger partial charge on any atom is -0.372 e. The molecule has 2 heterocycles. The van der Waals surface area contributed by atoms with Gasteiger partial charge in [-0.15, -0.1) is 24.0 Å². The zero-order chi connectivity index (χ0) is 18.4. The zero-order valence-corrected chi connectivity index (χ0v) is 20.0. The SMILES string of the molecule is CCNC(=NCC1CN(C)CCN1C)N1CCC(OC(C)(C)C)CC1.I. The van der Waals surface area contributed by atoms with Crippen LogP contribution in [0.5, 0.6) is 0 Å². The molecule has 0 saturated carbocycles. The lowest BCUT2D eigenvalue weighted by molar-refractivity contribution is -0.0772. The van der Waals surface area contributed by atoms with Crippen molar-refractivity contribution in [2.24, 2.45) is 4.99 Å². The van der Waals surface area contributed by atoms with Gasteiger partial charge in [0.15, 0.2) is 5.96 Å². The van der Waals surface area contributed by atoms with Crippen LogP contribution in [-0.2, 0) is 4.74 Å². The number of likely N-dealkylation sites (tertiary alicyclic amines) is 1. The number of hydrogen-bond donors (Lipinski definition) is 1. The molecule has 2 fully saturated rings. The predicted molar refractivity (Wildman–Crippen MR) is 121 cm³/mol. The van der Waals surface area contributed by atoms with Crippen molar-refractivity contribution in [2.75, 3.05) is 59.9 Å². The maximum atomic E-state index is 6.15. The third-order valence-corrected chi connectivity index (χ3v) is 5.03. The van der Waals surface area contributed by atoms with Crippen molar-refractivity contribution in [1.82, 2.24) is 20.0 Å². The van der Waals surface area contributed by atoms with Crippen LogP contribution in [0.3, 0.4) is 0 Å². The number of likely N-dealkylation sites (N-methyl/N-ethyl adjacent to an activating group) is 2. The highest BCUT2D eigenvalue weighted by atomic mass is 127. The normalized spacial score (nSPS) is 24.5. The van der Waals surface area contributed by atoms with Crippen LogP contribution in [0.1, 0.15) is 40.5 Å². The highest BCUT2D eigenvalue weighted by molar-refractivity contribution is 14.0. The molecule has 7 heteroatoms. The van der Waals surface area contributed by atoms with Crippen LogP contribution in [0.15, 0.2) is 4.99 Å². The first-order valence-electron chi connectivity index (χ1n) is 9.88. The molecule has 0 amide bonds. The molecular weight excluding hydrogens is 441 g/mol. The average Bonchev–Trinajstić information content (AvgIpc) is 2.54. The summed E-state index contributed by atoms with van der Waals surface area (Å²) in [5, 5.41) is 3.48. The van der Waals surface area contributed by atoms with Gasteiger partial charge >= 0.3 is 0 Å². The lowest BCUT2D eigenvalue weighted by Crippen LogP contribution is -2.52. The van der Waals surface area contributed by atoms with E-state index >= 15 is 0 Å². The summed E-state index contributed by atoms with van der Waals surface area (Å²) in [7, 11) is 4.42. The Bertz CT molecular complexity index is 432. The van der Waals surface area contributed by atoms with Gasteiger partial charge in [-0.1, -0.05) is 0 Å². The molecule has 2 rings (SSSR count). The Morgan fingerprint density at radius 3 is 2.35 bits per heavy atom. The third kappa shape index (κ3) is 7.86. The van der Waals surface area contributed by atoms with Crippen molar-refractivity contribution < 1.29 is 4.74 Å². The summed E-state index contributed by atoms with van der Waals surface area (Å²) in [6.07, 6.45) is 2.53. The fourth-order valence-electron chi connectivity index (χ4n) is 3.60. The van der Waals surface area contributed by atoms with E-state index in [1.54, 1.807) is 0 Å². The molecule has 154 valence electrons. The van der Waals surface area contributed by atoms with Crippen molar-refractivity contribution in [2.45, 2.75) is 58.3 Å². The van der Waals surface area contributed by atoms with Gasteiger partial charge in [0.25, 0.3) is 0 Å². The Hall–Kier alpha value is -0.120. The predicted octanol–water partition coefficient (Wildman–Crippen LogP) is 2.10. The van der Waals surface area contributed by atoms with Gasteiger partial charge < -0.3 is 19.9 Å². The average molecular weight is 481 g/mol. The van der Waals surface area contributed by atoms with E-state index in [9.17, 15) is 0 Å². The van der Waals surface area contributed by atoms with E-state index in [2.05, 4.69) is 61.8 Å². The van der Waals surface area contributed by atoms with E-state index in [4.69, 9.17) is 9.73 Å². The van der Waals surface area contributed by atoms with Gasteiger partial charge in [0.05, 0.1) is 18.2 Å². The van der Waals surface area contributed by atoms with Crippen LogP contribution < -0.4 is 5.32 Å². The molecule has 0 spiro atoms. The van der Waals surface area contributed by atoms with Crippen LogP contribution in [0.25, 0.3) is 0 Å². The smallest absolute Gasteiger partial charge is 0.193 e. The van der Waals surface area contributed by atoms with Gasteiger partial charge in [0.1, 0.15) is 0 Å². The molecule has 1 N–H and O–H groups in total. The molecule has 0 aromatic rings. The second kappa shape index (κ2) is 11.0. The number of hydrogen-bond acceptors (Lipinski definition) is 4. The molecule has 0 bridgehead atoms. The van der Waals surface area contributed by atoms with Crippen molar-refractivity contribution in [3.8, 4) is 0 Å². The molecule has 0 aromatic heterocycles. The Balaban J connectivity index is 0.00000338. The summed E-state index contributed by atoms with van der Waals surface area (Å²) in [6.45, 7) is 15.8. The molecule has 1 atom stereocenters. The van der Waals surface area contributed by atoms with E-state index in [1.807, 2.05) is 0 Å². The first kappa shape index (κ1) is 23.9. The fourth-order valence-corrected chi connectivity index (χ4v) is 3.60. The Labute approximate surface area is 177 Å². The van der Waals surface area contributed by atoms with Gasteiger partial charge in [-0.05, 0) is 54.6 Å². The molecule has 2 aliphatic rings. The molecule has 0 radical (unpaired) electrons. The van der Waals surface area contributed by atoms with Crippen LogP contribution in [0, 0.1) is 0 Å². The second-order valence-electron chi connectivity index (χ2n) is 8.51. The molecule has 2 saturated heterocycles. The second-order valence-corrected chi connectivity index (χ2v) is 8.51. The first-order valence-corrected chi connectivity index (χ1v) is 9.88. The number of piperidine rings is 1. The molecular formula is C19H40IN5O. The molecule has 6 nitrogen and oxygen atoms in total. The number of halogens is 1. The molecule has 2 aliphatic heterocycles. The van der Waals surface area contributed by atoms with Crippen molar-refractivity contribution in [1.29, 1.82) is 0 Å². The summed E-state index contributed by atoms with van der Waals surface area (Å²) < 4.78 is 6.15. The number of nitrogens with zero attached hydrogens (tertiary/aromatic N) is 4.